The normalized spacial score (nSPS) is 9.90. The summed E-state index contributed by atoms with van der Waals surface area (Å²) in [5.41, 5.74) is 0.472. The number of carbonyl (C=O) groups excluding carboxylic acids is 1. The molecule has 0 radical (unpaired) electrons. The van der Waals surface area contributed by atoms with E-state index in [4.69, 9.17) is 14.2 Å². The molecule has 0 heterocycles. The summed E-state index contributed by atoms with van der Waals surface area (Å²) in [6.45, 7) is 2.52. The number of rotatable bonds is 5. The molecular weight excluding hydrogens is 256 g/mol. The van der Waals surface area contributed by atoms with E-state index < -0.39 is 5.97 Å². The minimum atomic E-state index is -0.406. The fourth-order valence-electron chi connectivity index (χ4n) is 1.66. The van der Waals surface area contributed by atoms with E-state index in [1.807, 2.05) is 6.92 Å². The molecule has 2 aromatic rings. The number of ether oxygens (including phenoxy) is 3. The summed E-state index contributed by atoms with van der Waals surface area (Å²) in [5, 5.41) is 0. The first kappa shape index (κ1) is 13.9. The van der Waals surface area contributed by atoms with Gasteiger partial charge in [0, 0.05) is 0 Å². The van der Waals surface area contributed by atoms with Crippen molar-refractivity contribution in [2.45, 2.75) is 6.92 Å². The molecule has 104 valence electrons. The van der Waals surface area contributed by atoms with Crippen LogP contribution in [0.25, 0.3) is 0 Å². The van der Waals surface area contributed by atoms with Gasteiger partial charge in [0.1, 0.15) is 17.2 Å². The maximum absolute atomic E-state index is 11.9. The molecule has 2 rings (SSSR count). The van der Waals surface area contributed by atoms with Crippen molar-refractivity contribution in [2.75, 3.05) is 13.7 Å². The molecule has 0 aliphatic heterocycles. The van der Waals surface area contributed by atoms with Gasteiger partial charge in [0.2, 0.25) is 0 Å². The van der Waals surface area contributed by atoms with Crippen molar-refractivity contribution in [3.63, 3.8) is 0 Å². The van der Waals surface area contributed by atoms with Gasteiger partial charge in [-0.3, -0.25) is 0 Å². The zero-order valence-corrected chi connectivity index (χ0v) is 11.5. The quantitative estimate of drug-likeness (QED) is 0.618. The van der Waals surface area contributed by atoms with Crippen molar-refractivity contribution in [2.24, 2.45) is 0 Å². The molecule has 0 N–H and O–H groups in total. The Balaban J connectivity index is 2.02. The maximum atomic E-state index is 11.9. The Bertz CT molecular complexity index is 558. The summed E-state index contributed by atoms with van der Waals surface area (Å²) < 4.78 is 15.6. The smallest absolute Gasteiger partial charge is 0.343 e. The van der Waals surface area contributed by atoms with E-state index in [0.717, 1.165) is 5.75 Å². The van der Waals surface area contributed by atoms with Gasteiger partial charge in [-0.05, 0) is 55.5 Å². The molecule has 4 nitrogen and oxygen atoms in total. The van der Waals surface area contributed by atoms with Crippen molar-refractivity contribution in [3.8, 4) is 17.2 Å². The van der Waals surface area contributed by atoms with Crippen molar-refractivity contribution in [1.29, 1.82) is 0 Å². The molecule has 0 bridgehead atoms. The molecule has 0 spiro atoms. The van der Waals surface area contributed by atoms with Crippen LogP contribution in [0.4, 0.5) is 0 Å². The fraction of sp³-hybridized carbons (Fsp3) is 0.188. The van der Waals surface area contributed by atoms with Crippen molar-refractivity contribution in [1.82, 2.24) is 0 Å². The van der Waals surface area contributed by atoms with E-state index in [1.165, 1.54) is 0 Å². The van der Waals surface area contributed by atoms with Gasteiger partial charge in [0.05, 0.1) is 19.3 Å². The van der Waals surface area contributed by atoms with Crippen LogP contribution in [0.2, 0.25) is 0 Å². The van der Waals surface area contributed by atoms with E-state index in [0.29, 0.717) is 23.7 Å². The van der Waals surface area contributed by atoms with Crippen molar-refractivity contribution >= 4 is 5.97 Å². The first-order valence-corrected chi connectivity index (χ1v) is 6.32. The lowest BCUT2D eigenvalue weighted by Crippen LogP contribution is -2.08. The highest BCUT2D eigenvalue weighted by molar-refractivity contribution is 5.91. The number of benzene rings is 2. The summed E-state index contributed by atoms with van der Waals surface area (Å²) in [6, 6.07) is 13.7. The number of methoxy groups -OCH3 is 1. The van der Waals surface area contributed by atoms with Crippen LogP contribution in [0.5, 0.6) is 17.2 Å². The Kier molecular flexibility index (Phi) is 4.60. The molecule has 2 aromatic carbocycles. The minimum Gasteiger partial charge on any atom is -0.497 e. The molecule has 0 saturated carbocycles. The van der Waals surface area contributed by atoms with Gasteiger partial charge >= 0.3 is 5.97 Å². The first-order chi connectivity index (χ1) is 9.72. The molecule has 0 aromatic heterocycles. The van der Waals surface area contributed by atoms with Crippen molar-refractivity contribution in [3.05, 3.63) is 54.1 Å². The van der Waals surface area contributed by atoms with Gasteiger partial charge in [0.15, 0.2) is 0 Å². The van der Waals surface area contributed by atoms with Crippen LogP contribution in [0, 0.1) is 0 Å². The van der Waals surface area contributed by atoms with Gasteiger partial charge in [0.25, 0.3) is 0 Å². The summed E-state index contributed by atoms with van der Waals surface area (Å²) in [7, 11) is 1.58. The van der Waals surface area contributed by atoms with Crippen LogP contribution in [0.1, 0.15) is 17.3 Å². The lowest BCUT2D eigenvalue weighted by molar-refractivity contribution is 0.0734. The molecule has 0 aliphatic rings. The average Bonchev–Trinajstić information content (AvgIpc) is 2.49. The number of hydrogen-bond donors (Lipinski definition) is 0. The van der Waals surface area contributed by atoms with Crippen LogP contribution in [0.3, 0.4) is 0 Å². The molecule has 4 heteroatoms. The van der Waals surface area contributed by atoms with Crippen LogP contribution < -0.4 is 14.2 Å². The molecule has 0 aliphatic carbocycles. The lowest BCUT2D eigenvalue weighted by atomic mass is 10.2. The van der Waals surface area contributed by atoms with E-state index in [1.54, 1.807) is 55.6 Å². The first-order valence-electron chi connectivity index (χ1n) is 6.32. The molecule has 0 amide bonds. The van der Waals surface area contributed by atoms with Gasteiger partial charge in [-0.1, -0.05) is 0 Å². The largest absolute Gasteiger partial charge is 0.497 e. The summed E-state index contributed by atoms with van der Waals surface area (Å²) in [6.07, 6.45) is 0. The molecule has 0 atom stereocenters. The lowest BCUT2D eigenvalue weighted by Gasteiger charge is -2.06. The predicted molar refractivity (Wildman–Crippen MR) is 75.6 cm³/mol. The predicted octanol–water partition coefficient (Wildman–Crippen LogP) is 3.31. The maximum Gasteiger partial charge on any atom is 0.343 e. The summed E-state index contributed by atoms with van der Waals surface area (Å²) in [5.74, 6) is 1.52. The van der Waals surface area contributed by atoms with E-state index in [2.05, 4.69) is 0 Å². The minimum absolute atomic E-state index is 0.406. The number of carbonyl (C=O) groups is 1. The molecule has 20 heavy (non-hydrogen) atoms. The van der Waals surface area contributed by atoms with Crippen molar-refractivity contribution < 1.29 is 19.0 Å². The SMILES string of the molecule is CCOc1ccc(OC(=O)c2ccc(OC)cc2)cc1. The van der Waals surface area contributed by atoms with Crippen LogP contribution >= 0.6 is 0 Å². The van der Waals surface area contributed by atoms with Crippen LogP contribution in [-0.2, 0) is 0 Å². The van der Waals surface area contributed by atoms with Gasteiger partial charge < -0.3 is 14.2 Å². The third-order valence-corrected chi connectivity index (χ3v) is 2.67. The summed E-state index contributed by atoms with van der Waals surface area (Å²) in [4.78, 5) is 11.9. The Morgan fingerprint density at radius 3 is 2.00 bits per heavy atom. The highest BCUT2D eigenvalue weighted by Crippen LogP contribution is 2.19. The van der Waals surface area contributed by atoms with E-state index >= 15 is 0 Å². The Hall–Kier alpha value is -2.49. The topological polar surface area (TPSA) is 44.8 Å². The monoisotopic (exact) mass is 272 g/mol. The van der Waals surface area contributed by atoms with Crippen LogP contribution in [0.15, 0.2) is 48.5 Å². The second-order valence-corrected chi connectivity index (χ2v) is 4.02. The zero-order valence-electron chi connectivity index (χ0n) is 11.5. The molecule has 0 saturated heterocycles. The second kappa shape index (κ2) is 6.61. The Labute approximate surface area is 117 Å². The molecular formula is C16H16O4. The number of hydrogen-bond acceptors (Lipinski definition) is 4. The third kappa shape index (κ3) is 3.51. The van der Waals surface area contributed by atoms with E-state index in [-0.39, 0.29) is 0 Å². The molecule has 0 fully saturated rings. The summed E-state index contributed by atoms with van der Waals surface area (Å²) >= 11 is 0. The zero-order chi connectivity index (χ0) is 14.4. The highest BCUT2D eigenvalue weighted by Gasteiger charge is 2.08. The Morgan fingerprint density at radius 1 is 0.900 bits per heavy atom. The number of esters is 1. The van der Waals surface area contributed by atoms with Gasteiger partial charge in [-0.25, -0.2) is 4.79 Å². The second-order valence-electron chi connectivity index (χ2n) is 4.02. The average molecular weight is 272 g/mol. The van der Waals surface area contributed by atoms with Gasteiger partial charge in [-0.15, -0.1) is 0 Å². The highest BCUT2D eigenvalue weighted by atomic mass is 16.5. The standard InChI is InChI=1S/C16H16O4/c1-3-19-14-8-10-15(11-9-14)20-16(17)12-4-6-13(18-2)7-5-12/h4-11H,3H2,1-2H3. The molecule has 0 unspecified atom stereocenters. The van der Waals surface area contributed by atoms with Crippen LogP contribution in [-0.4, -0.2) is 19.7 Å². The Morgan fingerprint density at radius 2 is 1.45 bits per heavy atom. The van der Waals surface area contributed by atoms with E-state index in [9.17, 15) is 4.79 Å². The fourth-order valence-corrected chi connectivity index (χ4v) is 1.66. The van der Waals surface area contributed by atoms with Gasteiger partial charge in [-0.2, -0.15) is 0 Å². The third-order valence-electron chi connectivity index (χ3n) is 2.67.